The van der Waals surface area contributed by atoms with Gasteiger partial charge in [-0.2, -0.15) is 0 Å². The molecule has 0 saturated carbocycles. The maximum atomic E-state index is 10.1. The zero-order chi connectivity index (χ0) is 12.3. The van der Waals surface area contributed by atoms with Crippen LogP contribution in [0.15, 0.2) is 47.1 Å². The van der Waals surface area contributed by atoms with Gasteiger partial charge in [-0.15, -0.1) is 0 Å². The van der Waals surface area contributed by atoms with Crippen LogP contribution in [-0.4, -0.2) is 10.1 Å². The molecule has 1 aromatic heterocycles. The highest BCUT2D eigenvalue weighted by Crippen LogP contribution is 2.18. The zero-order valence-corrected chi connectivity index (χ0v) is 11.2. The van der Waals surface area contributed by atoms with Gasteiger partial charge in [0.1, 0.15) is 0 Å². The number of aliphatic hydroxyl groups is 1. The third-order valence-corrected chi connectivity index (χ3v) is 3.11. The number of aromatic nitrogens is 1. The molecule has 0 bridgehead atoms. The summed E-state index contributed by atoms with van der Waals surface area (Å²) >= 11 is 3.33. The number of pyridine rings is 1. The van der Waals surface area contributed by atoms with Gasteiger partial charge in [-0.25, -0.2) is 0 Å². The Morgan fingerprint density at radius 3 is 2.47 bits per heavy atom. The fourth-order valence-corrected chi connectivity index (χ4v) is 1.87. The van der Waals surface area contributed by atoms with Crippen LogP contribution in [0.3, 0.4) is 0 Å². The molecule has 1 unspecified atom stereocenters. The Morgan fingerprint density at radius 1 is 1.18 bits per heavy atom. The van der Waals surface area contributed by atoms with Gasteiger partial charge in [-0.1, -0.05) is 29.8 Å². The topological polar surface area (TPSA) is 33.1 Å². The summed E-state index contributed by atoms with van der Waals surface area (Å²) in [5, 5.41) is 10.1. The summed E-state index contributed by atoms with van der Waals surface area (Å²) in [6.45, 7) is 2.05. The quantitative estimate of drug-likeness (QED) is 0.940. The molecule has 1 heterocycles. The van der Waals surface area contributed by atoms with Gasteiger partial charge in [0.25, 0.3) is 0 Å². The van der Waals surface area contributed by atoms with E-state index >= 15 is 0 Å². The molecule has 17 heavy (non-hydrogen) atoms. The van der Waals surface area contributed by atoms with Gasteiger partial charge in [-0.05, 0) is 40.5 Å². The van der Waals surface area contributed by atoms with Crippen LogP contribution in [0.1, 0.15) is 22.9 Å². The Hall–Kier alpha value is -1.19. The minimum absolute atomic E-state index is 0.550. The van der Waals surface area contributed by atoms with E-state index in [2.05, 4.69) is 40.0 Å². The molecule has 2 aromatic rings. The third kappa shape index (κ3) is 3.38. The first kappa shape index (κ1) is 12.3. The van der Waals surface area contributed by atoms with Crippen LogP contribution in [0.4, 0.5) is 0 Å². The number of rotatable bonds is 3. The normalized spacial score (nSPS) is 12.4. The summed E-state index contributed by atoms with van der Waals surface area (Å²) in [6.07, 6.45) is 1.74. The van der Waals surface area contributed by atoms with E-state index in [9.17, 15) is 5.11 Å². The fourth-order valence-electron chi connectivity index (χ4n) is 1.64. The van der Waals surface area contributed by atoms with Gasteiger partial charge < -0.3 is 5.11 Å². The highest BCUT2D eigenvalue weighted by Gasteiger charge is 2.09. The third-order valence-electron chi connectivity index (χ3n) is 2.64. The van der Waals surface area contributed by atoms with E-state index < -0.39 is 6.10 Å². The molecule has 2 nitrogen and oxygen atoms in total. The molecule has 0 saturated heterocycles. The van der Waals surface area contributed by atoms with Crippen LogP contribution in [0, 0.1) is 6.92 Å². The highest BCUT2D eigenvalue weighted by molar-refractivity contribution is 9.10. The van der Waals surface area contributed by atoms with Gasteiger partial charge in [-0.3, -0.25) is 4.98 Å². The van der Waals surface area contributed by atoms with Crippen LogP contribution >= 0.6 is 15.9 Å². The molecule has 0 aliphatic carbocycles. The molecule has 88 valence electrons. The molecule has 0 fully saturated rings. The lowest BCUT2D eigenvalue weighted by atomic mass is 10.0. The van der Waals surface area contributed by atoms with Crippen LogP contribution in [0.2, 0.25) is 0 Å². The molecular weight excluding hydrogens is 278 g/mol. The Kier molecular flexibility index (Phi) is 3.92. The summed E-state index contributed by atoms with van der Waals surface area (Å²) in [4.78, 5) is 4.20. The van der Waals surface area contributed by atoms with Gasteiger partial charge >= 0.3 is 0 Å². The number of hydrogen-bond donors (Lipinski definition) is 1. The van der Waals surface area contributed by atoms with Crippen LogP contribution in [0.25, 0.3) is 0 Å². The second-order valence-corrected chi connectivity index (χ2v) is 5.02. The van der Waals surface area contributed by atoms with Gasteiger partial charge in [0, 0.05) is 17.1 Å². The second kappa shape index (κ2) is 5.43. The van der Waals surface area contributed by atoms with Crippen LogP contribution in [0.5, 0.6) is 0 Å². The highest BCUT2D eigenvalue weighted by atomic mass is 79.9. The first-order chi connectivity index (χ1) is 8.15. The molecular formula is C14H14BrNO. The Morgan fingerprint density at radius 2 is 1.88 bits per heavy atom. The average molecular weight is 292 g/mol. The van der Waals surface area contributed by atoms with E-state index in [1.165, 1.54) is 5.56 Å². The number of hydrogen-bond acceptors (Lipinski definition) is 2. The molecule has 1 aromatic carbocycles. The molecule has 0 aliphatic heterocycles. The standard InChI is InChI=1S/C14H14BrNO/c1-10-2-4-11(5-3-10)8-14(17)13-7-6-12(15)9-16-13/h2-7,9,14,17H,8H2,1H3. The predicted molar refractivity (Wildman–Crippen MR) is 71.8 cm³/mol. The van der Waals surface area contributed by atoms with Crippen molar-refractivity contribution in [1.29, 1.82) is 0 Å². The van der Waals surface area contributed by atoms with Gasteiger partial charge in [0.2, 0.25) is 0 Å². The first-order valence-electron chi connectivity index (χ1n) is 5.50. The number of aryl methyl sites for hydroxylation is 1. The molecule has 3 heteroatoms. The Balaban J connectivity index is 2.08. The summed E-state index contributed by atoms with van der Waals surface area (Å²) < 4.78 is 0.920. The summed E-state index contributed by atoms with van der Waals surface area (Å²) in [7, 11) is 0. The molecule has 0 amide bonds. The predicted octanol–water partition coefficient (Wildman–Crippen LogP) is 3.43. The van der Waals surface area contributed by atoms with Crippen molar-refractivity contribution in [2.24, 2.45) is 0 Å². The zero-order valence-electron chi connectivity index (χ0n) is 9.60. The smallest absolute Gasteiger partial charge is 0.0999 e. The lowest BCUT2D eigenvalue weighted by Crippen LogP contribution is -2.03. The minimum Gasteiger partial charge on any atom is -0.386 e. The fraction of sp³-hybridized carbons (Fsp3) is 0.214. The molecule has 2 rings (SSSR count). The van der Waals surface area contributed by atoms with E-state index in [1.54, 1.807) is 6.20 Å². The maximum Gasteiger partial charge on any atom is 0.0999 e. The first-order valence-corrected chi connectivity index (χ1v) is 6.29. The molecule has 1 N–H and O–H groups in total. The monoisotopic (exact) mass is 291 g/mol. The summed E-state index contributed by atoms with van der Waals surface area (Å²) in [5.74, 6) is 0. The van der Waals surface area contributed by atoms with Crippen molar-refractivity contribution in [3.8, 4) is 0 Å². The van der Waals surface area contributed by atoms with Crippen LogP contribution in [-0.2, 0) is 6.42 Å². The SMILES string of the molecule is Cc1ccc(CC(O)c2ccc(Br)cn2)cc1. The van der Waals surface area contributed by atoms with E-state index in [4.69, 9.17) is 0 Å². The van der Waals surface area contributed by atoms with Crippen molar-refractivity contribution in [2.75, 3.05) is 0 Å². The number of nitrogens with zero attached hydrogens (tertiary/aromatic N) is 1. The van der Waals surface area contributed by atoms with Gasteiger partial charge in [0.15, 0.2) is 0 Å². The number of aliphatic hydroxyl groups excluding tert-OH is 1. The average Bonchev–Trinajstić information content (AvgIpc) is 2.33. The van der Waals surface area contributed by atoms with E-state index in [0.717, 1.165) is 10.0 Å². The molecule has 0 spiro atoms. The van der Waals surface area contributed by atoms with Crippen molar-refractivity contribution >= 4 is 15.9 Å². The van der Waals surface area contributed by atoms with Crippen molar-refractivity contribution in [3.63, 3.8) is 0 Å². The van der Waals surface area contributed by atoms with E-state index in [0.29, 0.717) is 12.1 Å². The largest absolute Gasteiger partial charge is 0.386 e. The Bertz CT molecular complexity index is 479. The lowest BCUT2D eigenvalue weighted by molar-refractivity contribution is 0.173. The van der Waals surface area contributed by atoms with E-state index in [1.807, 2.05) is 24.3 Å². The van der Waals surface area contributed by atoms with Crippen molar-refractivity contribution in [2.45, 2.75) is 19.4 Å². The summed E-state index contributed by atoms with van der Waals surface area (Å²) in [5.41, 5.74) is 3.05. The number of benzene rings is 1. The molecule has 1 atom stereocenters. The minimum atomic E-state index is -0.550. The van der Waals surface area contributed by atoms with Crippen molar-refractivity contribution in [3.05, 3.63) is 63.9 Å². The van der Waals surface area contributed by atoms with Crippen molar-refractivity contribution < 1.29 is 5.11 Å². The van der Waals surface area contributed by atoms with Gasteiger partial charge in [0.05, 0.1) is 11.8 Å². The number of halogens is 1. The molecule has 0 aliphatic rings. The Labute approximate surface area is 109 Å². The molecule has 0 radical (unpaired) electrons. The summed E-state index contributed by atoms with van der Waals surface area (Å²) in [6, 6.07) is 11.9. The second-order valence-electron chi connectivity index (χ2n) is 4.11. The van der Waals surface area contributed by atoms with E-state index in [-0.39, 0.29) is 0 Å². The lowest BCUT2D eigenvalue weighted by Gasteiger charge is -2.10. The van der Waals surface area contributed by atoms with Crippen molar-refractivity contribution in [1.82, 2.24) is 4.98 Å². The van der Waals surface area contributed by atoms with Crippen LogP contribution < -0.4 is 0 Å². The maximum absolute atomic E-state index is 10.1.